The number of fused-ring (bicyclic) bond motifs is 1. The minimum atomic E-state index is 0.0404. The van der Waals surface area contributed by atoms with E-state index in [9.17, 15) is 0 Å². The number of hydrogen-bond donors (Lipinski definition) is 0. The summed E-state index contributed by atoms with van der Waals surface area (Å²) in [5.41, 5.74) is 5.32. The van der Waals surface area contributed by atoms with E-state index in [1.165, 1.54) is 28.1 Å². The van der Waals surface area contributed by atoms with Gasteiger partial charge in [0.15, 0.2) is 11.0 Å². The Hall–Kier alpha value is -2.09. The van der Waals surface area contributed by atoms with Gasteiger partial charge in [0.2, 0.25) is 0 Å². The molecule has 126 valence electrons. The lowest BCUT2D eigenvalue weighted by atomic mass is 9.85. The van der Waals surface area contributed by atoms with Gasteiger partial charge in [-0.05, 0) is 44.4 Å². The van der Waals surface area contributed by atoms with E-state index in [-0.39, 0.29) is 10.8 Å². The van der Waals surface area contributed by atoms with Crippen LogP contribution in [0, 0.1) is 0 Å². The molecule has 0 amide bonds. The first-order chi connectivity index (χ1) is 11.1. The molecule has 0 fully saturated rings. The van der Waals surface area contributed by atoms with Crippen LogP contribution in [-0.2, 0) is 17.9 Å². The average molecular weight is 321 g/mol. The summed E-state index contributed by atoms with van der Waals surface area (Å²) in [6.07, 6.45) is 0. The van der Waals surface area contributed by atoms with Gasteiger partial charge in [0.1, 0.15) is 5.69 Å². The van der Waals surface area contributed by atoms with E-state index in [0.29, 0.717) is 0 Å². The quantitative estimate of drug-likeness (QED) is 0.555. The number of hydrogen-bond acceptors (Lipinski definition) is 0. The maximum absolute atomic E-state index is 2.45. The molecule has 3 rings (SSSR count). The SMILES string of the molecule is C[n+]1c(C(C)(C)C)n(-c2ccccc2C(C)(C)C)c2ccccc21. The van der Waals surface area contributed by atoms with Crippen LogP contribution >= 0.6 is 0 Å². The highest BCUT2D eigenvalue weighted by Gasteiger charge is 2.35. The van der Waals surface area contributed by atoms with Crippen molar-refractivity contribution < 1.29 is 4.57 Å². The molecule has 0 saturated heterocycles. The highest BCUT2D eigenvalue weighted by molar-refractivity contribution is 5.75. The van der Waals surface area contributed by atoms with E-state index in [4.69, 9.17) is 0 Å². The molecule has 0 aliphatic heterocycles. The normalized spacial score (nSPS) is 12.8. The standard InChI is InChI=1S/C22H29N2/c1-21(2,3)16-12-8-9-13-17(16)24-19-15-11-10-14-18(19)23(7)20(24)22(4,5)6/h8-15H,1-7H3/q+1. The first-order valence-electron chi connectivity index (χ1n) is 8.72. The number of aromatic nitrogens is 2. The van der Waals surface area contributed by atoms with Crippen molar-refractivity contribution in [2.75, 3.05) is 0 Å². The van der Waals surface area contributed by atoms with Crippen LogP contribution in [0.3, 0.4) is 0 Å². The number of rotatable bonds is 1. The van der Waals surface area contributed by atoms with Crippen LogP contribution in [-0.4, -0.2) is 4.57 Å². The molecule has 1 heterocycles. The topological polar surface area (TPSA) is 8.81 Å². The molecule has 0 radical (unpaired) electrons. The number of nitrogens with zero attached hydrogens (tertiary/aromatic N) is 2. The molecule has 2 aromatic carbocycles. The van der Waals surface area contributed by atoms with Gasteiger partial charge in [-0.2, -0.15) is 4.57 Å². The zero-order chi connectivity index (χ0) is 17.7. The van der Waals surface area contributed by atoms with Gasteiger partial charge < -0.3 is 0 Å². The van der Waals surface area contributed by atoms with E-state index in [2.05, 4.69) is 106 Å². The van der Waals surface area contributed by atoms with Crippen LogP contribution < -0.4 is 4.57 Å². The van der Waals surface area contributed by atoms with E-state index in [1.54, 1.807) is 0 Å². The van der Waals surface area contributed by atoms with Gasteiger partial charge in [0, 0.05) is 5.56 Å². The maximum Gasteiger partial charge on any atom is 0.267 e. The fourth-order valence-corrected chi connectivity index (χ4v) is 3.70. The monoisotopic (exact) mass is 321 g/mol. The molecular weight excluding hydrogens is 292 g/mol. The van der Waals surface area contributed by atoms with E-state index in [1.807, 2.05) is 0 Å². The van der Waals surface area contributed by atoms with Gasteiger partial charge in [-0.3, -0.25) is 0 Å². The molecule has 0 saturated carbocycles. The molecule has 24 heavy (non-hydrogen) atoms. The van der Waals surface area contributed by atoms with Crippen LogP contribution in [0.5, 0.6) is 0 Å². The van der Waals surface area contributed by atoms with Gasteiger partial charge in [-0.15, -0.1) is 0 Å². The summed E-state index contributed by atoms with van der Waals surface area (Å²) in [7, 11) is 2.18. The lowest BCUT2D eigenvalue weighted by Gasteiger charge is -2.23. The fraction of sp³-hybridized carbons (Fsp3) is 0.409. The highest BCUT2D eigenvalue weighted by Crippen LogP contribution is 2.34. The number of imidazole rings is 1. The summed E-state index contributed by atoms with van der Waals surface area (Å²) in [6, 6.07) is 17.5. The summed E-state index contributed by atoms with van der Waals surface area (Å²) in [4.78, 5) is 0. The van der Waals surface area contributed by atoms with Gasteiger partial charge in [0.05, 0.1) is 12.5 Å². The van der Waals surface area contributed by atoms with Crippen molar-refractivity contribution in [2.24, 2.45) is 7.05 Å². The molecule has 1 aromatic heterocycles. The highest BCUT2D eigenvalue weighted by atomic mass is 15.2. The first-order valence-corrected chi connectivity index (χ1v) is 8.72. The van der Waals surface area contributed by atoms with Crippen molar-refractivity contribution in [2.45, 2.75) is 52.4 Å². The van der Waals surface area contributed by atoms with E-state index in [0.717, 1.165) is 0 Å². The van der Waals surface area contributed by atoms with Gasteiger partial charge in [-0.25, -0.2) is 4.57 Å². The molecule has 0 bridgehead atoms. The van der Waals surface area contributed by atoms with Crippen LogP contribution in [0.4, 0.5) is 0 Å². The smallest absolute Gasteiger partial charge is 0.229 e. The van der Waals surface area contributed by atoms with Crippen molar-refractivity contribution in [3.8, 4) is 5.69 Å². The second-order valence-corrected chi connectivity index (χ2v) is 8.72. The molecule has 0 unspecified atom stereocenters. The first kappa shape index (κ1) is 16.8. The second-order valence-electron chi connectivity index (χ2n) is 8.72. The summed E-state index contributed by atoms with van der Waals surface area (Å²) in [5.74, 6) is 1.32. The Labute approximate surface area is 145 Å². The molecule has 0 aliphatic rings. The Balaban J connectivity index is 2.48. The third-order valence-electron chi connectivity index (χ3n) is 4.64. The average Bonchev–Trinajstić information content (AvgIpc) is 2.80. The zero-order valence-corrected chi connectivity index (χ0v) is 16.0. The molecule has 2 heteroatoms. The van der Waals surface area contributed by atoms with Crippen LogP contribution in [0.1, 0.15) is 52.9 Å². The lowest BCUT2D eigenvalue weighted by Crippen LogP contribution is -2.39. The predicted molar refractivity (Wildman–Crippen MR) is 102 cm³/mol. The molecule has 0 aliphatic carbocycles. The summed E-state index contributed by atoms with van der Waals surface area (Å²) in [5, 5.41) is 0. The Kier molecular flexibility index (Phi) is 3.82. The van der Waals surface area contributed by atoms with Crippen molar-refractivity contribution in [3.05, 3.63) is 59.9 Å². The largest absolute Gasteiger partial charge is 0.267 e. The van der Waals surface area contributed by atoms with Crippen molar-refractivity contribution in [3.63, 3.8) is 0 Å². The van der Waals surface area contributed by atoms with Gasteiger partial charge in [0.25, 0.3) is 5.82 Å². The Morgan fingerprint density at radius 2 is 1.33 bits per heavy atom. The Morgan fingerprint density at radius 1 is 0.750 bits per heavy atom. The Morgan fingerprint density at radius 3 is 1.96 bits per heavy atom. The van der Waals surface area contributed by atoms with E-state index >= 15 is 0 Å². The van der Waals surface area contributed by atoms with Crippen molar-refractivity contribution in [1.82, 2.24) is 4.57 Å². The number of aryl methyl sites for hydroxylation is 1. The second kappa shape index (κ2) is 5.47. The maximum atomic E-state index is 2.45. The van der Waals surface area contributed by atoms with Crippen LogP contribution in [0.2, 0.25) is 0 Å². The molecule has 0 spiro atoms. The minimum Gasteiger partial charge on any atom is -0.229 e. The number of benzene rings is 2. The minimum absolute atomic E-state index is 0.0404. The third-order valence-corrected chi connectivity index (χ3v) is 4.64. The molecule has 0 atom stereocenters. The van der Waals surface area contributed by atoms with E-state index < -0.39 is 0 Å². The third kappa shape index (κ3) is 2.64. The molecule has 0 N–H and O–H groups in total. The lowest BCUT2D eigenvalue weighted by molar-refractivity contribution is -0.657. The molecule has 3 aromatic rings. The predicted octanol–water partition coefficient (Wildman–Crippen LogP) is 5.05. The Bertz CT molecular complexity index is 886. The van der Waals surface area contributed by atoms with Crippen LogP contribution in [0.25, 0.3) is 16.7 Å². The zero-order valence-electron chi connectivity index (χ0n) is 16.0. The van der Waals surface area contributed by atoms with Crippen molar-refractivity contribution >= 4 is 11.0 Å². The van der Waals surface area contributed by atoms with Crippen molar-refractivity contribution in [1.29, 1.82) is 0 Å². The molecule has 2 nitrogen and oxygen atoms in total. The molecular formula is C22H29N2+. The summed E-state index contributed by atoms with van der Waals surface area (Å²) in [6.45, 7) is 13.7. The van der Waals surface area contributed by atoms with Gasteiger partial charge >= 0.3 is 0 Å². The number of para-hydroxylation sites is 3. The van der Waals surface area contributed by atoms with Gasteiger partial charge in [-0.1, -0.05) is 51.1 Å². The van der Waals surface area contributed by atoms with Crippen LogP contribution in [0.15, 0.2) is 48.5 Å². The fourth-order valence-electron chi connectivity index (χ4n) is 3.70. The summed E-state index contributed by atoms with van der Waals surface area (Å²) >= 11 is 0. The summed E-state index contributed by atoms with van der Waals surface area (Å²) < 4.78 is 4.80.